The summed E-state index contributed by atoms with van der Waals surface area (Å²) < 4.78 is 14.7. The Hall–Kier alpha value is -2.50. The van der Waals surface area contributed by atoms with Crippen LogP contribution in [0.3, 0.4) is 0 Å². The lowest BCUT2D eigenvalue weighted by Crippen LogP contribution is -2.28. The van der Waals surface area contributed by atoms with Gasteiger partial charge in [-0.15, -0.1) is 0 Å². The van der Waals surface area contributed by atoms with Gasteiger partial charge >= 0.3 is 0 Å². The maximum atomic E-state index is 13.4. The SMILES string of the molecule is O=C(NCCCn1ncccc1=O)c1ccccc1F. The molecule has 0 radical (unpaired) electrons. The second-order valence-corrected chi connectivity index (χ2v) is 4.17. The van der Waals surface area contributed by atoms with E-state index in [0.717, 1.165) is 0 Å². The summed E-state index contributed by atoms with van der Waals surface area (Å²) in [5.74, 6) is -1.01. The van der Waals surface area contributed by atoms with Gasteiger partial charge in [-0.05, 0) is 24.6 Å². The third-order valence-corrected chi connectivity index (χ3v) is 2.74. The van der Waals surface area contributed by atoms with Crippen LogP contribution in [-0.2, 0) is 6.54 Å². The highest BCUT2D eigenvalue weighted by molar-refractivity contribution is 5.94. The van der Waals surface area contributed by atoms with Gasteiger partial charge in [0.15, 0.2) is 0 Å². The van der Waals surface area contributed by atoms with E-state index in [0.29, 0.717) is 19.5 Å². The first-order chi connectivity index (χ1) is 9.68. The number of amides is 1. The van der Waals surface area contributed by atoms with E-state index in [1.54, 1.807) is 12.1 Å². The fourth-order valence-corrected chi connectivity index (χ4v) is 1.73. The largest absolute Gasteiger partial charge is 0.352 e. The molecule has 0 unspecified atom stereocenters. The number of rotatable bonds is 5. The van der Waals surface area contributed by atoms with E-state index in [2.05, 4.69) is 10.4 Å². The van der Waals surface area contributed by atoms with Crippen LogP contribution in [0, 0.1) is 5.82 Å². The first-order valence-corrected chi connectivity index (χ1v) is 6.23. The summed E-state index contributed by atoms with van der Waals surface area (Å²) in [6, 6.07) is 8.78. The molecule has 0 saturated carbocycles. The molecule has 6 heteroatoms. The van der Waals surface area contributed by atoms with E-state index in [1.807, 2.05) is 0 Å². The molecule has 0 atom stereocenters. The molecule has 0 aliphatic carbocycles. The number of halogens is 1. The van der Waals surface area contributed by atoms with Crippen molar-refractivity contribution in [2.45, 2.75) is 13.0 Å². The van der Waals surface area contributed by atoms with Crippen molar-refractivity contribution in [3.05, 3.63) is 64.3 Å². The topological polar surface area (TPSA) is 64.0 Å². The average molecular weight is 275 g/mol. The van der Waals surface area contributed by atoms with Crippen LogP contribution >= 0.6 is 0 Å². The van der Waals surface area contributed by atoms with Crippen molar-refractivity contribution < 1.29 is 9.18 Å². The Labute approximate surface area is 115 Å². The molecule has 104 valence electrons. The van der Waals surface area contributed by atoms with Crippen molar-refractivity contribution in [2.24, 2.45) is 0 Å². The molecule has 1 N–H and O–H groups in total. The summed E-state index contributed by atoms with van der Waals surface area (Å²) in [7, 11) is 0. The quantitative estimate of drug-likeness (QED) is 0.834. The normalized spacial score (nSPS) is 10.2. The second kappa shape index (κ2) is 6.60. The Bertz CT molecular complexity index is 655. The summed E-state index contributed by atoms with van der Waals surface area (Å²) in [5, 5.41) is 6.51. The van der Waals surface area contributed by atoms with Gasteiger partial charge in [-0.3, -0.25) is 9.59 Å². The monoisotopic (exact) mass is 275 g/mol. The molecule has 1 amide bonds. The highest BCUT2D eigenvalue weighted by Gasteiger charge is 2.09. The van der Waals surface area contributed by atoms with E-state index in [1.165, 1.54) is 35.1 Å². The van der Waals surface area contributed by atoms with Gasteiger partial charge < -0.3 is 5.32 Å². The highest BCUT2D eigenvalue weighted by Crippen LogP contribution is 2.05. The standard InChI is InChI=1S/C14H14FN3O2/c15-12-6-2-1-5-11(12)14(20)16-8-4-10-18-13(19)7-3-9-17-18/h1-3,5-7,9H,4,8,10H2,(H,16,20). The molecule has 20 heavy (non-hydrogen) atoms. The number of hydrogen-bond acceptors (Lipinski definition) is 3. The van der Waals surface area contributed by atoms with Crippen molar-refractivity contribution in [1.29, 1.82) is 0 Å². The molecular weight excluding hydrogens is 261 g/mol. The first-order valence-electron chi connectivity index (χ1n) is 6.23. The second-order valence-electron chi connectivity index (χ2n) is 4.17. The Morgan fingerprint density at radius 1 is 1.25 bits per heavy atom. The van der Waals surface area contributed by atoms with Crippen molar-refractivity contribution in [3.8, 4) is 0 Å². The Kier molecular flexibility index (Phi) is 4.60. The number of aryl methyl sites for hydroxylation is 1. The smallest absolute Gasteiger partial charge is 0.266 e. The average Bonchev–Trinajstić information content (AvgIpc) is 2.45. The summed E-state index contributed by atoms with van der Waals surface area (Å²) in [4.78, 5) is 23.1. The number of benzene rings is 1. The first kappa shape index (κ1) is 13.9. The Balaban J connectivity index is 1.82. The maximum absolute atomic E-state index is 13.4. The van der Waals surface area contributed by atoms with E-state index >= 15 is 0 Å². The number of carbonyl (C=O) groups excluding carboxylic acids is 1. The molecule has 1 aromatic carbocycles. The van der Waals surface area contributed by atoms with Crippen LogP contribution in [0.1, 0.15) is 16.8 Å². The number of aromatic nitrogens is 2. The molecule has 0 aliphatic heterocycles. The van der Waals surface area contributed by atoms with Crippen molar-refractivity contribution >= 4 is 5.91 Å². The van der Waals surface area contributed by atoms with Gasteiger partial charge in [0, 0.05) is 25.4 Å². The molecule has 1 heterocycles. The van der Waals surface area contributed by atoms with Gasteiger partial charge in [0.05, 0.1) is 5.56 Å². The molecule has 0 bridgehead atoms. The minimum atomic E-state index is -0.550. The fraction of sp³-hybridized carbons (Fsp3) is 0.214. The van der Waals surface area contributed by atoms with Gasteiger partial charge in [0.2, 0.25) is 0 Å². The zero-order valence-corrected chi connectivity index (χ0v) is 10.8. The summed E-state index contributed by atoms with van der Waals surface area (Å²) in [5.41, 5.74) is -0.171. The third kappa shape index (κ3) is 3.50. The summed E-state index contributed by atoms with van der Waals surface area (Å²) in [6.07, 6.45) is 2.07. The van der Waals surface area contributed by atoms with Crippen LogP contribution in [0.25, 0.3) is 0 Å². The van der Waals surface area contributed by atoms with Gasteiger partial charge in [-0.25, -0.2) is 9.07 Å². The van der Waals surface area contributed by atoms with E-state index in [-0.39, 0.29) is 11.1 Å². The van der Waals surface area contributed by atoms with Gasteiger partial charge in [-0.2, -0.15) is 5.10 Å². The van der Waals surface area contributed by atoms with Gasteiger partial charge in [-0.1, -0.05) is 12.1 Å². The lowest BCUT2D eigenvalue weighted by atomic mass is 10.2. The molecule has 2 aromatic rings. The summed E-state index contributed by atoms with van der Waals surface area (Å²) in [6.45, 7) is 0.743. The van der Waals surface area contributed by atoms with Crippen LogP contribution in [-0.4, -0.2) is 22.2 Å². The molecule has 0 fully saturated rings. The zero-order valence-electron chi connectivity index (χ0n) is 10.8. The van der Waals surface area contributed by atoms with Gasteiger partial charge in [0.25, 0.3) is 11.5 Å². The third-order valence-electron chi connectivity index (χ3n) is 2.74. The van der Waals surface area contributed by atoms with Crippen molar-refractivity contribution in [3.63, 3.8) is 0 Å². The van der Waals surface area contributed by atoms with Crippen LogP contribution in [0.4, 0.5) is 4.39 Å². The summed E-state index contributed by atoms with van der Waals surface area (Å²) >= 11 is 0. The Morgan fingerprint density at radius 2 is 2.05 bits per heavy atom. The van der Waals surface area contributed by atoms with Crippen LogP contribution in [0.5, 0.6) is 0 Å². The van der Waals surface area contributed by atoms with Crippen LogP contribution in [0.2, 0.25) is 0 Å². The number of nitrogens with zero attached hydrogens (tertiary/aromatic N) is 2. The van der Waals surface area contributed by atoms with Gasteiger partial charge in [0.1, 0.15) is 5.82 Å². The van der Waals surface area contributed by atoms with Crippen LogP contribution in [0.15, 0.2) is 47.4 Å². The minimum Gasteiger partial charge on any atom is -0.352 e. The molecule has 5 nitrogen and oxygen atoms in total. The van der Waals surface area contributed by atoms with E-state index in [4.69, 9.17) is 0 Å². The predicted octanol–water partition coefficient (Wildman–Crippen LogP) is 1.20. The van der Waals surface area contributed by atoms with Crippen LogP contribution < -0.4 is 10.9 Å². The lowest BCUT2D eigenvalue weighted by Gasteiger charge is -2.06. The molecule has 0 aliphatic rings. The number of hydrogen-bond donors (Lipinski definition) is 1. The fourth-order valence-electron chi connectivity index (χ4n) is 1.73. The maximum Gasteiger partial charge on any atom is 0.266 e. The number of nitrogens with one attached hydrogen (secondary N) is 1. The van der Waals surface area contributed by atoms with Crippen molar-refractivity contribution in [1.82, 2.24) is 15.1 Å². The zero-order chi connectivity index (χ0) is 14.4. The Morgan fingerprint density at radius 3 is 2.80 bits per heavy atom. The molecule has 2 rings (SSSR count). The van der Waals surface area contributed by atoms with Crippen molar-refractivity contribution in [2.75, 3.05) is 6.54 Å². The molecule has 0 saturated heterocycles. The van der Waals surface area contributed by atoms with E-state index in [9.17, 15) is 14.0 Å². The number of carbonyl (C=O) groups is 1. The predicted molar refractivity (Wildman–Crippen MR) is 71.8 cm³/mol. The molecule has 1 aromatic heterocycles. The molecular formula is C14H14FN3O2. The lowest BCUT2D eigenvalue weighted by molar-refractivity contribution is 0.0948. The highest BCUT2D eigenvalue weighted by atomic mass is 19.1. The minimum absolute atomic E-state index is 0.0162. The van der Waals surface area contributed by atoms with E-state index < -0.39 is 11.7 Å². The molecule has 0 spiro atoms.